The molecule has 0 atom stereocenters. The van der Waals surface area contributed by atoms with E-state index in [1.807, 2.05) is 0 Å². The van der Waals surface area contributed by atoms with E-state index >= 15 is 0 Å². The molecule has 0 aliphatic heterocycles. The summed E-state index contributed by atoms with van der Waals surface area (Å²) in [5, 5.41) is 0. The summed E-state index contributed by atoms with van der Waals surface area (Å²) in [6, 6.07) is 0. The molecule has 0 saturated carbocycles. The first kappa shape index (κ1) is 16.9. The normalized spacial score (nSPS) is 10.2. The van der Waals surface area contributed by atoms with Gasteiger partial charge in [-0.3, -0.25) is 14.4 Å². The number of carbonyl (C=O) groups excluding carboxylic acids is 3. The standard InChI is InChI=1S/C16H20O5/c1-8(17)7-14-11(4)15(20-12(5)18)9(2)10(3)16(14)21-13(6)19/h7H2,1-6H3. The number of Topliss-reactive ketones (excluding diaryl/α,β-unsaturated/α-hetero) is 1. The Kier molecular flexibility index (Phi) is 5.24. The van der Waals surface area contributed by atoms with Crippen LogP contribution in [0.25, 0.3) is 0 Å². The van der Waals surface area contributed by atoms with Gasteiger partial charge in [-0.2, -0.15) is 0 Å². The summed E-state index contributed by atoms with van der Waals surface area (Å²) in [5.41, 5.74) is 2.62. The number of esters is 2. The maximum absolute atomic E-state index is 11.5. The van der Waals surface area contributed by atoms with E-state index in [1.54, 1.807) is 20.8 Å². The Bertz CT molecular complexity index is 614. The van der Waals surface area contributed by atoms with Crippen molar-refractivity contribution in [3.05, 3.63) is 22.3 Å². The highest BCUT2D eigenvalue weighted by Crippen LogP contribution is 2.38. The van der Waals surface area contributed by atoms with Gasteiger partial charge in [-0.25, -0.2) is 0 Å². The van der Waals surface area contributed by atoms with Crippen LogP contribution in [0.1, 0.15) is 43.0 Å². The van der Waals surface area contributed by atoms with Crippen molar-refractivity contribution in [2.24, 2.45) is 0 Å². The van der Waals surface area contributed by atoms with Crippen molar-refractivity contribution in [3.8, 4) is 11.5 Å². The van der Waals surface area contributed by atoms with E-state index < -0.39 is 11.9 Å². The van der Waals surface area contributed by atoms with E-state index in [0.717, 1.165) is 0 Å². The van der Waals surface area contributed by atoms with Crippen molar-refractivity contribution >= 4 is 17.7 Å². The fourth-order valence-electron chi connectivity index (χ4n) is 2.20. The first-order valence-corrected chi connectivity index (χ1v) is 6.64. The summed E-state index contributed by atoms with van der Waals surface area (Å²) in [6.07, 6.45) is 0.115. The summed E-state index contributed by atoms with van der Waals surface area (Å²) < 4.78 is 10.5. The number of hydrogen-bond donors (Lipinski definition) is 0. The van der Waals surface area contributed by atoms with Crippen molar-refractivity contribution in [2.75, 3.05) is 0 Å². The van der Waals surface area contributed by atoms with Gasteiger partial charge in [0.15, 0.2) is 0 Å². The van der Waals surface area contributed by atoms with Gasteiger partial charge in [-0.05, 0) is 44.4 Å². The molecule has 0 heterocycles. The van der Waals surface area contributed by atoms with Gasteiger partial charge >= 0.3 is 11.9 Å². The zero-order valence-corrected chi connectivity index (χ0v) is 13.2. The Hall–Kier alpha value is -2.17. The molecule has 0 aliphatic rings. The second-order valence-corrected chi connectivity index (χ2v) is 5.08. The number of ketones is 1. The molecule has 1 aromatic rings. The van der Waals surface area contributed by atoms with E-state index in [9.17, 15) is 14.4 Å². The fourth-order valence-corrected chi connectivity index (χ4v) is 2.20. The van der Waals surface area contributed by atoms with Gasteiger partial charge in [0.25, 0.3) is 0 Å². The van der Waals surface area contributed by atoms with Crippen LogP contribution < -0.4 is 9.47 Å². The molecule has 0 amide bonds. The van der Waals surface area contributed by atoms with E-state index in [4.69, 9.17) is 9.47 Å². The zero-order valence-electron chi connectivity index (χ0n) is 13.2. The van der Waals surface area contributed by atoms with Gasteiger partial charge in [0.1, 0.15) is 17.3 Å². The van der Waals surface area contributed by atoms with Crippen LogP contribution >= 0.6 is 0 Å². The number of benzene rings is 1. The topological polar surface area (TPSA) is 69.7 Å². The molecule has 0 saturated heterocycles. The molecule has 0 aromatic heterocycles. The molecular formula is C16H20O5. The van der Waals surface area contributed by atoms with Crippen LogP contribution in [0.4, 0.5) is 0 Å². The van der Waals surface area contributed by atoms with Crippen LogP contribution in [0.5, 0.6) is 11.5 Å². The van der Waals surface area contributed by atoms with Crippen LogP contribution in [-0.2, 0) is 20.8 Å². The summed E-state index contributed by atoms with van der Waals surface area (Å²) in [5.74, 6) is -0.157. The molecular weight excluding hydrogens is 272 g/mol. The lowest BCUT2D eigenvalue weighted by Crippen LogP contribution is -2.13. The number of rotatable bonds is 4. The molecule has 1 rings (SSSR count). The van der Waals surface area contributed by atoms with Gasteiger partial charge in [0.2, 0.25) is 0 Å². The summed E-state index contributed by atoms with van der Waals surface area (Å²) in [4.78, 5) is 34.0. The predicted octanol–water partition coefficient (Wildman–Crippen LogP) is 2.59. The number of carbonyl (C=O) groups is 3. The molecule has 0 unspecified atom stereocenters. The first-order valence-electron chi connectivity index (χ1n) is 6.64. The minimum Gasteiger partial charge on any atom is -0.426 e. The number of ether oxygens (including phenoxy) is 2. The van der Waals surface area contributed by atoms with E-state index in [1.165, 1.54) is 20.8 Å². The Morgan fingerprint density at radius 3 is 1.62 bits per heavy atom. The highest BCUT2D eigenvalue weighted by Gasteiger charge is 2.22. The molecule has 0 bridgehead atoms. The Balaban J connectivity index is 3.60. The van der Waals surface area contributed by atoms with Crippen molar-refractivity contribution in [1.29, 1.82) is 0 Å². The second-order valence-electron chi connectivity index (χ2n) is 5.08. The Labute approximate surface area is 124 Å². The van der Waals surface area contributed by atoms with Gasteiger partial charge in [-0.1, -0.05) is 0 Å². The van der Waals surface area contributed by atoms with Crippen LogP contribution in [0.15, 0.2) is 0 Å². The van der Waals surface area contributed by atoms with E-state index in [0.29, 0.717) is 33.8 Å². The molecule has 21 heavy (non-hydrogen) atoms. The molecule has 0 spiro atoms. The fraction of sp³-hybridized carbons (Fsp3) is 0.438. The molecule has 1 aromatic carbocycles. The predicted molar refractivity (Wildman–Crippen MR) is 77.7 cm³/mol. The van der Waals surface area contributed by atoms with Crippen LogP contribution in [0.2, 0.25) is 0 Å². The van der Waals surface area contributed by atoms with Crippen molar-refractivity contribution in [3.63, 3.8) is 0 Å². The lowest BCUT2D eigenvalue weighted by Gasteiger charge is -2.20. The summed E-state index contributed by atoms with van der Waals surface area (Å²) >= 11 is 0. The third-order valence-electron chi connectivity index (χ3n) is 3.23. The average Bonchev–Trinajstić information content (AvgIpc) is 2.35. The third kappa shape index (κ3) is 3.90. The molecule has 114 valence electrons. The SMILES string of the molecule is CC(=O)Cc1c(C)c(OC(C)=O)c(C)c(C)c1OC(C)=O. The molecule has 0 fully saturated rings. The van der Waals surface area contributed by atoms with Gasteiger partial charge in [0.05, 0.1) is 0 Å². The highest BCUT2D eigenvalue weighted by atomic mass is 16.5. The van der Waals surface area contributed by atoms with E-state index in [2.05, 4.69) is 0 Å². The number of hydrogen-bond acceptors (Lipinski definition) is 5. The monoisotopic (exact) mass is 292 g/mol. The minimum atomic E-state index is -0.457. The molecule has 5 heteroatoms. The Morgan fingerprint density at radius 2 is 1.19 bits per heavy atom. The van der Waals surface area contributed by atoms with Gasteiger partial charge in [-0.15, -0.1) is 0 Å². The quantitative estimate of drug-likeness (QED) is 0.630. The average molecular weight is 292 g/mol. The highest BCUT2D eigenvalue weighted by molar-refractivity contribution is 5.82. The lowest BCUT2D eigenvalue weighted by atomic mass is 9.94. The minimum absolute atomic E-state index is 0.0662. The smallest absolute Gasteiger partial charge is 0.308 e. The van der Waals surface area contributed by atoms with Gasteiger partial charge < -0.3 is 9.47 Å². The maximum atomic E-state index is 11.5. The van der Waals surface area contributed by atoms with E-state index in [-0.39, 0.29) is 12.2 Å². The van der Waals surface area contributed by atoms with Crippen LogP contribution in [0.3, 0.4) is 0 Å². The van der Waals surface area contributed by atoms with Crippen LogP contribution in [0, 0.1) is 20.8 Å². The molecule has 5 nitrogen and oxygen atoms in total. The lowest BCUT2D eigenvalue weighted by molar-refractivity contribution is -0.133. The van der Waals surface area contributed by atoms with Crippen LogP contribution in [-0.4, -0.2) is 17.7 Å². The second kappa shape index (κ2) is 6.52. The molecule has 0 aliphatic carbocycles. The van der Waals surface area contributed by atoms with Crippen molar-refractivity contribution < 1.29 is 23.9 Å². The maximum Gasteiger partial charge on any atom is 0.308 e. The van der Waals surface area contributed by atoms with Crippen molar-refractivity contribution in [2.45, 2.75) is 48.0 Å². The first-order chi connectivity index (χ1) is 9.65. The molecule has 0 N–H and O–H groups in total. The van der Waals surface area contributed by atoms with Gasteiger partial charge in [0, 0.05) is 25.8 Å². The zero-order chi connectivity index (χ0) is 16.3. The largest absolute Gasteiger partial charge is 0.426 e. The summed E-state index contributed by atoms with van der Waals surface area (Å²) in [6.45, 7) is 9.38. The van der Waals surface area contributed by atoms with Crippen molar-refractivity contribution in [1.82, 2.24) is 0 Å². The third-order valence-corrected chi connectivity index (χ3v) is 3.23. The summed E-state index contributed by atoms with van der Waals surface area (Å²) in [7, 11) is 0. The molecule has 0 radical (unpaired) electrons. The Morgan fingerprint density at radius 1 is 0.762 bits per heavy atom.